The minimum atomic E-state index is -0.149. The van der Waals surface area contributed by atoms with E-state index in [0.717, 1.165) is 6.42 Å². The molecule has 1 aromatic rings. The molecule has 18 heavy (non-hydrogen) atoms. The Bertz CT molecular complexity index is 375. The number of hydrogen-bond donors (Lipinski definition) is 1. The van der Waals surface area contributed by atoms with Crippen LogP contribution in [-0.2, 0) is 6.42 Å². The lowest BCUT2D eigenvalue weighted by Crippen LogP contribution is -2.22. The van der Waals surface area contributed by atoms with E-state index in [-0.39, 0.29) is 6.10 Å². The fraction of sp³-hybridized carbons (Fsp3) is 0.647. The summed E-state index contributed by atoms with van der Waals surface area (Å²) in [5.74, 6) is 0.521. The van der Waals surface area contributed by atoms with E-state index in [9.17, 15) is 5.11 Å². The predicted octanol–water partition coefficient (Wildman–Crippen LogP) is 4.18. The number of benzene rings is 1. The van der Waals surface area contributed by atoms with Gasteiger partial charge in [-0.1, -0.05) is 49.4 Å². The first-order chi connectivity index (χ1) is 8.66. The molecule has 1 aromatic carbocycles. The molecule has 1 fully saturated rings. The van der Waals surface area contributed by atoms with Crippen molar-refractivity contribution in [2.24, 2.45) is 5.92 Å². The molecule has 1 atom stereocenters. The van der Waals surface area contributed by atoms with E-state index >= 15 is 0 Å². The van der Waals surface area contributed by atoms with Crippen molar-refractivity contribution in [3.05, 3.63) is 34.9 Å². The van der Waals surface area contributed by atoms with Gasteiger partial charge in [0, 0.05) is 0 Å². The lowest BCUT2D eigenvalue weighted by atomic mass is 9.88. The molecule has 0 radical (unpaired) electrons. The van der Waals surface area contributed by atoms with Crippen molar-refractivity contribution in [1.29, 1.82) is 0 Å². The van der Waals surface area contributed by atoms with Gasteiger partial charge in [-0.05, 0) is 50.2 Å². The summed E-state index contributed by atoms with van der Waals surface area (Å²) < 4.78 is 0. The maximum absolute atomic E-state index is 10.5. The third-order valence-electron chi connectivity index (χ3n) is 4.38. The molecule has 1 aliphatic rings. The van der Waals surface area contributed by atoms with E-state index in [4.69, 9.17) is 0 Å². The molecule has 1 unspecified atom stereocenters. The molecule has 0 spiro atoms. The van der Waals surface area contributed by atoms with Gasteiger partial charge >= 0.3 is 0 Å². The standard InChI is InChI=1S/C17H26O/c1-13-9-10-14(2)16(11-13)12-17(18)15-7-5-3-4-6-8-15/h9-11,15,17-18H,3-8,12H2,1-2H3. The maximum atomic E-state index is 10.5. The van der Waals surface area contributed by atoms with Crippen LogP contribution in [0.25, 0.3) is 0 Å². The number of aliphatic hydroxyl groups excluding tert-OH is 1. The van der Waals surface area contributed by atoms with Crippen LogP contribution in [0.3, 0.4) is 0 Å². The van der Waals surface area contributed by atoms with Crippen molar-refractivity contribution in [2.45, 2.75) is 64.9 Å². The summed E-state index contributed by atoms with van der Waals surface area (Å²) >= 11 is 0. The smallest absolute Gasteiger partial charge is 0.0608 e. The summed E-state index contributed by atoms with van der Waals surface area (Å²) in [6.45, 7) is 4.27. The van der Waals surface area contributed by atoms with E-state index in [0.29, 0.717) is 5.92 Å². The zero-order valence-corrected chi connectivity index (χ0v) is 11.8. The van der Waals surface area contributed by atoms with Gasteiger partial charge in [0.05, 0.1) is 6.10 Å². The summed E-state index contributed by atoms with van der Waals surface area (Å²) in [4.78, 5) is 0. The molecule has 2 rings (SSSR count). The lowest BCUT2D eigenvalue weighted by Gasteiger charge is -2.22. The monoisotopic (exact) mass is 246 g/mol. The van der Waals surface area contributed by atoms with Crippen molar-refractivity contribution in [2.75, 3.05) is 0 Å². The number of hydrogen-bond acceptors (Lipinski definition) is 1. The molecular weight excluding hydrogens is 220 g/mol. The molecular formula is C17H26O. The third kappa shape index (κ3) is 3.58. The third-order valence-corrected chi connectivity index (χ3v) is 4.38. The van der Waals surface area contributed by atoms with E-state index < -0.39 is 0 Å². The van der Waals surface area contributed by atoms with Gasteiger partial charge in [0.2, 0.25) is 0 Å². The van der Waals surface area contributed by atoms with Crippen LogP contribution in [0.2, 0.25) is 0 Å². The molecule has 1 nitrogen and oxygen atoms in total. The summed E-state index contributed by atoms with van der Waals surface area (Å²) in [5.41, 5.74) is 3.93. The van der Waals surface area contributed by atoms with Crippen molar-refractivity contribution < 1.29 is 5.11 Å². The van der Waals surface area contributed by atoms with Gasteiger partial charge in [-0.2, -0.15) is 0 Å². The van der Waals surface area contributed by atoms with Gasteiger partial charge in [-0.15, -0.1) is 0 Å². The van der Waals surface area contributed by atoms with E-state index in [2.05, 4.69) is 32.0 Å². The second-order valence-electron chi connectivity index (χ2n) is 5.95. The van der Waals surface area contributed by atoms with Crippen LogP contribution < -0.4 is 0 Å². The van der Waals surface area contributed by atoms with Crippen LogP contribution in [0.1, 0.15) is 55.2 Å². The minimum absolute atomic E-state index is 0.149. The van der Waals surface area contributed by atoms with Gasteiger partial charge < -0.3 is 5.11 Å². The highest BCUT2D eigenvalue weighted by Gasteiger charge is 2.21. The largest absolute Gasteiger partial charge is 0.392 e. The van der Waals surface area contributed by atoms with Gasteiger partial charge in [0.15, 0.2) is 0 Å². The van der Waals surface area contributed by atoms with E-state index in [1.54, 1.807) is 0 Å². The normalized spacial score (nSPS) is 19.5. The second kappa shape index (κ2) is 6.38. The molecule has 0 bridgehead atoms. The highest BCUT2D eigenvalue weighted by Crippen LogP contribution is 2.27. The van der Waals surface area contributed by atoms with Crippen LogP contribution in [-0.4, -0.2) is 11.2 Å². The van der Waals surface area contributed by atoms with Crippen molar-refractivity contribution in [3.63, 3.8) is 0 Å². The van der Waals surface area contributed by atoms with Gasteiger partial charge in [0.1, 0.15) is 0 Å². The lowest BCUT2D eigenvalue weighted by molar-refractivity contribution is 0.0984. The average molecular weight is 246 g/mol. The summed E-state index contributed by atoms with van der Waals surface area (Å²) in [6.07, 6.45) is 8.42. The first-order valence-electron chi connectivity index (χ1n) is 7.41. The van der Waals surface area contributed by atoms with Crippen LogP contribution >= 0.6 is 0 Å². The first-order valence-corrected chi connectivity index (χ1v) is 7.41. The van der Waals surface area contributed by atoms with Crippen LogP contribution in [0.5, 0.6) is 0 Å². The van der Waals surface area contributed by atoms with Crippen molar-refractivity contribution >= 4 is 0 Å². The topological polar surface area (TPSA) is 20.2 Å². The number of aryl methyl sites for hydroxylation is 2. The van der Waals surface area contributed by atoms with Gasteiger partial charge in [-0.25, -0.2) is 0 Å². The highest BCUT2D eigenvalue weighted by atomic mass is 16.3. The predicted molar refractivity (Wildman–Crippen MR) is 76.8 cm³/mol. The second-order valence-corrected chi connectivity index (χ2v) is 5.95. The van der Waals surface area contributed by atoms with Crippen LogP contribution in [0, 0.1) is 19.8 Å². The average Bonchev–Trinajstić information content (AvgIpc) is 2.62. The summed E-state index contributed by atoms with van der Waals surface area (Å²) in [7, 11) is 0. The molecule has 0 heterocycles. The Morgan fingerprint density at radius 1 is 1.11 bits per heavy atom. The molecule has 1 aliphatic carbocycles. The SMILES string of the molecule is Cc1ccc(C)c(CC(O)C2CCCCCC2)c1. The zero-order valence-electron chi connectivity index (χ0n) is 11.8. The minimum Gasteiger partial charge on any atom is -0.392 e. The van der Waals surface area contributed by atoms with Crippen LogP contribution in [0.15, 0.2) is 18.2 Å². The summed E-state index contributed by atoms with van der Waals surface area (Å²) in [5, 5.41) is 10.5. The number of aliphatic hydroxyl groups is 1. The fourth-order valence-corrected chi connectivity index (χ4v) is 3.11. The zero-order chi connectivity index (χ0) is 13.0. The van der Waals surface area contributed by atoms with Crippen LogP contribution in [0.4, 0.5) is 0 Å². The Hall–Kier alpha value is -0.820. The summed E-state index contributed by atoms with van der Waals surface area (Å²) in [6, 6.07) is 6.55. The molecule has 1 N–H and O–H groups in total. The van der Waals surface area contributed by atoms with Gasteiger partial charge in [-0.3, -0.25) is 0 Å². The molecule has 0 aromatic heterocycles. The quantitative estimate of drug-likeness (QED) is 0.793. The Morgan fingerprint density at radius 2 is 1.78 bits per heavy atom. The van der Waals surface area contributed by atoms with Crippen molar-refractivity contribution in [3.8, 4) is 0 Å². The fourth-order valence-electron chi connectivity index (χ4n) is 3.11. The van der Waals surface area contributed by atoms with Gasteiger partial charge in [0.25, 0.3) is 0 Å². The molecule has 0 amide bonds. The Balaban J connectivity index is 2.00. The Labute approximate surface area is 111 Å². The molecule has 100 valence electrons. The van der Waals surface area contributed by atoms with E-state index in [1.165, 1.54) is 55.2 Å². The van der Waals surface area contributed by atoms with E-state index in [1.807, 2.05) is 0 Å². The molecule has 0 saturated heterocycles. The molecule has 1 heteroatoms. The maximum Gasteiger partial charge on any atom is 0.0608 e. The van der Waals surface area contributed by atoms with Crippen molar-refractivity contribution in [1.82, 2.24) is 0 Å². The first kappa shape index (κ1) is 13.6. The number of rotatable bonds is 3. The Kier molecular flexibility index (Phi) is 4.82. The highest BCUT2D eigenvalue weighted by molar-refractivity contribution is 5.31. The Morgan fingerprint density at radius 3 is 2.44 bits per heavy atom. The molecule has 0 aliphatic heterocycles. The molecule has 1 saturated carbocycles.